The molecule has 0 aliphatic rings. The van der Waals surface area contributed by atoms with Crippen molar-refractivity contribution in [2.45, 2.75) is 83.0 Å². The summed E-state index contributed by atoms with van der Waals surface area (Å²) in [7, 11) is 0. The van der Waals surface area contributed by atoms with Crippen LogP contribution >= 0.6 is 0 Å². The number of unbranched alkanes of at least 4 members (excludes halogenated alkanes) is 1. The van der Waals surface area contributed by atoms with Crippen LogP contribution in [0.15, 0.2) is 4.99 Å². The van der Waals surface area contributed by atoms with Crippen molar-refractivity contribution < 1.29 is 44.4 Å². The molecule has 0 rings (SSSR count). The lowest BCUT2D eigenvalue weighted by Gasteiger charge is -2.11. The molecule has 236 valence electrons. The van der Waals surface area contributed by atoms with E-state index in [1.54, 1.807) is 0 Å². The van der Waals surface area contributed by atoms with Gasteiger partial charge in [-0.25, -0.2) is 0 Å². The Hall–Kier alpha value is -3.58. The van der Waals surface area contributed by atoms with Gasteiger partial charge in [0.05, 0.1) is 6.42 Å². The standard InChI is InChI=1S/C6H14N4O2.C6H14N2O2.C6H13NO2.C4H8N2O3/c7-4(5(11)12)2-1-3-10-6(8)9;7-4-2-1-3-5(8)6(9)10;1-3-4(2)5(7)6(8)9;5-2(4(8)9)1-3(6)7/h4H,1-3,7H2,(H,11,12)(H4,8,9,10);5H,1-4,7-8H2,(H,9,10);4-5H,3,7H2,1-2H3,(H,8,9);2H,1,5H2,(H2,6,7)(H,8,9)/t4-;5-;4-,5-;2-/m0000/s1. The Morgan fingerprint density at radius 1 is 0.700 bits per heavy atom. The largest absolute Gasteiger partial charge is 0.480 e. The van der Waals surface area contributed by atoms with Crippen LogP contribution in [0.2, 0.25) is 0 Å². The molecule has 0 heterocycles. The zero-order chi connectivity index (χ0) is 32.4. The van der Waals surface area contributed by atoms with Gasteiger partial charge >= 0.3 is 23.9 Å². The highest BCUT2D eigenvalue weighted by Gasteiger charge is 2.17. The lowest BCUT2D eigenvalue weighted by Crippen LogP contribution is -2.36. The molecule has 0 bridgehead atoms. The molecule has 0 aromatic carbocycles. The first-order chi connectivity index (χ1) is 18.3. The number of nitrogens with zero attached hydrogens (tertiary/aromatic N) is 1. The molecule has 20 N–H and O–H groups in total. The summed E-state index contributed by atoms with van der Waals surface area (Å²) < 4.78 is 0. The average molecular weight is 584 g/mol. The molecule has 18 nitrogen and oxygen atoms in total. The van der Waals surface area contributed by atoms with E-state index in [1.165, 1.54) is 0 Å². The number of rotatable bonds is 16. The smallest absolute Gasteiger partial charge is 0.321 e. The predicted octanol–water partition coefficient (Wildman–Crippen LogP) is -3.30. The Bertz CT molecular complexity index is 766. The summed E-state index contributed by atoms with van der Waals surface area (Å²) >= 11 is 0. The van der Waals surface area contributed by atoms with Crippen molar-refractivity contribution in [2.24, 2.45) is 56.8 Å². The molecule has 0 fully saturated rings. The van der Waals surface area contributed by atoms with Crippen molar-refractivity contribution >= 4 is 35.7 Å². The van der Waals surface area contributed by atoms with Crippen molar-refractivity contribution in [3.8, 4) is 0 Å². The minimum absolute atomic E-state index is 0.0129. The third-order valence-electron chi connectivity index (χ3n) is 4.85. The fourth-order valence-corrected chi connectivity index (χ4v) is 2.08. The normalized spacial score (nSPS) is 13.5. The first kappa shape index (κ1) is 43.5. The zero-order valence-electron chi connectivity index (χ0n) is 23.1. The fraction of sp³-hybridized carbons (Fsp3) is 0.727. The molecule has 18 heteroatoms. The molecule has 0 saturated carbocycles. The number of hydrogen-bond donors (Lipinski definition) is 12. The Kier molecular flexibility index (Phi) is 29.3. The second-order valence-electron chi connectivity index (χ2n) is 8.49. The number of aliphatic imine (C=N–C) groups is 1. The van der Waals surface area contributed by atoms with Gasteiger partial charge in [-0.2, -0.15) is 0 Å². The Balaban J connectivity index is -0.000000218. The predicted molar refractivity (Wildman–Crippen MR) is 149 cm³/mol. The summed E-state index contributed by atoms with van der Waals surface area (Å²) in [4.78, 5) is 54.1. The highest BCUT2D eigenvalue weighted by molar-refractivity contribution is 5.83. The van der Waals surface area contributed by atoms with Crippen LogP contribution in [0, 0.1) is 5.92 Å². The van der Waals surface area contributed by atoms with Crippen LogP contribution < -0.4 is 45.9 Å². The van der Waals surface area contributed by atoms with Crippen molar-refractivity contribution in [2.75, 3.05) is 13.1 Å². The third kappa shape index (κ3) is 32.4. The van der Waals surface area contributed by atoms with E-state index in [4.69, 9.17) is 60.6 Å². The van der Waals surface area contributed by atoms with Gasteiger partial charge in [0.1, 0.15) is 24.2 Å². The van der Waals surface area contributed by atoms with Gasteiger partial charge in [-0.3, -0.25) is 29.0 Å². The van der Waals surface area contributed by atoms with Crippen LogP contribution in [0.5, 0.6) is 0 Å². The molecule has 0 radical (unpaired) electrons. The zero-order valence-corrected chi connectivity index (χ0v) is 23.1. The lowest BCUT2D eigenvalue weighted by molar-refractivity contribution is -0.140. The van der Waals surface area contributed by atoms with Crippen molar-refractivity contribution in [1.82, 2.24) is 0 Å². The van der Waals surface area contributed by atoms with E-state index in [2.05, 4.69) is 10.7 Å². The number of carboxylic acid groups (broad SMARTS) is 4. The molecule has 0 unspecified atom stereocenters. The van der Waals surface area contributed by atoms with Gasteiger partial charge in [-0.15, -0.1) is 0 Å². The monoisotopic (exact) mass is 583 g/mol. The second kappa shape index (κ2) is 27.0. The molecule has 40 heavy (non-hydrogen) atoms. The highest BCUT2D eigenvalue weighted by Crippen LogP contribution is 2.04. The van der Waals surface area contributed by atoms with Crippen LogP contribution in [0.3, 0.4) is 0 Å². The van der Waals surface area contributed by atoms with Gasteiger partial charge in [0.2, 0.25) is 5.91 Å². The summed E-state index contributed by atoms with van der Waals surface area (Å²) in [6, 6.07) is -3.40. The molecule has 0 aromatic heterocycles. The summed E-state index contributed by atoms with van der Waals surface area (Å²) in [6.45, 7) is 4.78. The maximum absolute atomic E-state index is 10.2. The molecular weight excluding hydrogens is 534 g/mol. The number of amides is 1. The molecule has 0 aliphatic heterocycles. The molecule has 0 saturated heterocycles. The van der Waals surface area contributed by atoms with Crippen molar-refractivity contribution in [3.63, 3.8) is 0 Å². The van der Waals surface area contributed by atoms with Crippen LogP contribution in [-0.4, -0.2) is 93.4 Å². The second-order valence-corrected chi connectivity index (χ2v) is 8.49. The van der Waals surface area contributed by atoms with Gasteiger partial charge in [0.15, 0.2) is 5.96 Å². The summed E-state index contributed by atoms with van der Waals surface area (Å²) in [5, 5.41) is 33.2. The van der Waals surface area contributed by atoms with Gasteiger partial charge in [-0.1, -0.05) is 26.7 Å². The summed E-state index contributed by atoms with van der Waals surface area (Å²) in [5.41, 5.74) is 40.6. The third-order valence-corrected chi connectivity index (χ3v) is 4.85. The van der Waals surface area contributed by atoms with Crippen molar-refractivity contribution in [3.05, 3.63) is 0 Å². The Labute approximate surface area is 233 Å². The number of carbonyl (C=O) groups is 5. The Morgan fingerprint density at radius 3 is 1.38 bits per heavy atom. The Morgan fingerprint density at radius 2 is 1.12 bits per heavy atom. The van der Waals surface area contributed by atoms with Gasteiger partial charge in [0, 0.05) is 6.54 Å². The van der Waals surface area contributed by atoms with E-state index >= 15 is 0 Å². The first-order valence-electron chi connectivity index (χ1n) is 12.3. The minimum atomic E-state index is -1.21. The molecule has 0 aromatic rings. The SMILES string of the molecule is CC[C@H](C)[C@H](N)C(=O)O.NC(=O)C[C@H](N)C(=O)O.NC(N)=NCCC[C@H](N)C(=O)O.NCCCC[C@H](N)C(=O)O. The fourth-order valence-electron chi connectivity index (χ4n) is 2.08. The van der Waals surface area contributed by atoms with E-state index < -0.39 is 54.0 Å². The average Bonchev–Trinajstić information content (AvgIpc) is 2.85. The summed E-state index contributed by atoms with van der Waals surface area (Å²) in [5.74, 6) is -4.68. The number of hydrogen-bond acceptors (Lipinski definition) is 11. The molecular formula is C22H49N9O9. The first-order valence-corrected chi connectivity index (χ1v) is 12.3. The van der Waals surface area contributed by atoms with Gasteiger partial charge < -0.3 is 66.3 Å². The maximum atomic E-state index is 10.2. The van der Waals surface area contributed by atoms with E-state index in [0.717, 1.165) is 19.3 Å². The topological polar surface area (TPSA) is 387 Å². The highest BCUT2D eigenvalue weighted by atomic mass is 16.4. The number of carbonyl (C=O) groups excluding carboxylic acids is 1. The quantitative estimate of drug-likeness (QED) is 0.0480. The number of aliphatic carboxylic acids is 4. The van der Waals surface area contributed by atoms with Crippen LogP contribution in [-0.2, 0) is 24.0 Å². The number of guanidine groups is 1. The molecule has 5 atom stereocenters. The summed E-state index contributed by atoms with van der Waals surface area (Å²) in [6.07, 6.45) is 3.62. The maximum Gasteiger partial charge on any atom is 0.321 e. The van der Waals surface area contributed by atoms with E-state index in [0.29, 0.717) is 32.4 Å². The molecule has 0 spiro atoms. The number of nitrogens with two attached hydrogens (primary N) is 8. The van der Waals surface area contributed by atoms with E-state index in [1.807, 2.05) is 13.8 Å². The molecule has 1 amide bonds. The van der Waals surface area contributed by atoms with E-state index in [9.17, 15) is 24.0 Å². The van der Waals surface area contributed by atoms with Crippen LogP contribution in [0.1, 0.15) is 58.8 Å². The lowest BCUT2D eigenvalue weighted by atomic mass is 10.0. The van der Waals surface area contributed by atoms with Crippen LogP contribution in [0.4, 0.5) is 0 Å². The molecule has 0 aliphatic carbocycles. The van der Waals surface area contributed by atoms with Crippen LogP contribution in [0.25, 0.3) is 0 Å². The minimum Gasteiger partial charge on any atom is -0.480 e. The number of primary amides is 1. The van der Waals surface area contributed by atoms with E-state index in [-0.39, 0.29) is 18.3 Å². The van der Waals surface area contributed by atoms with Gasteiger partial charge in [-0.05, 0) is 38.1 Å². The van der Waals surface area contributed by atoms with Gasteiger partial charge in [0.25, 0.3) is 0 Å². The van der Waals surface area contributed by atoms with Crippen molar-refractivity contribution in [1.29, 1.82) is 0 Å². The number of carboxylic acids is 4.